The predicted octanol–water partition coefficient (Wildman–Crippen LogP) is 3.67. The van der Waals surface area contributed by atoms with E-state index in [9.17, 15) is 28.8 Å². The fourth-order valence-corrected chi connectivity index (χ4v) is 4.85. The summed E-state index contributed by atoms with van der Waals surface area (Å²) in [6.45, 7) is 14.6. The molecule has 0 saturated carbocycles. The summed E-state index contributed by atoms with van der Waals surface area (Å²) in [4.78, 5) is 74.6. The average molecular weight is 810 g/mol. The Balaban J connectivity index is 2.52. The molecule has 0 saturated heterocycles. The fraction of sp³-hybridized carbons (Fsp3) is 0.700. The third kappa shape index (κ3) is 29.4. The Morgan fingerprint density at radius 3 is 1.74 bits per heavy atom. The highest BCUT2D eigenvalue weighted by atomic mass is 16.6. The molecule has 17 heteroatoms. The molecular formula is C40H67N5O12. The maximum absolute atomic E-state index is 13.6. The number of benzene rings is 1. The molecule has 5 amide bonds. The van der Waals surface area contributed by atoms with Gasteiger partial charge >= 0.3 is 18.2 Å². The monoisotopic (exact) mass is 809 g/mol. The van der Waals surface area contributed by atoms with Crippen LogP contribution in [0, 0.1) is 0 Å². The van der Waals surface area contributed by atoms with Crippen LogP contribution in [0.5, 0.6) is 0 Å². The van der Waals surface area contributed by atoms with Crippen LogP contribution in [0.4, 0.5) is 9.59 Å². The Hall–Kier alpha value is -4.48. The van der Waals surface area contributed by atoms with Crippen LogP contribution in [0.2, 0.25) is 0 Å². The van der Waals surface area contributed by atoms with E-state index in [4.69, 9.17) is 28.4 Å². The molecule has 2 atom stereocenters. The van der Waals surface area contributed by atoms with Crippen LogP contribution in [-0.4, -0.2) is 118 Å². The smallest absolute Gasteiger partial charge is 0.407 e. The van der Waals surface area contributed by atoms with Gasteiger partial charge in [-0.3, -0.25) is 14.4 Å². The first-order chi connectivity index (χ1) is 26.9. The minimum absolute atomic E-state index is 0.0213. The maximum Gasteiger partial charge on any atom is 0.407 e. The van der Waals surface area contributed by atoms with E-state index in [2.05, 4.69) is 26.6 Å². The number of esters is 1. The third-order valence-electron chi connectivity index (χ3n) is 7.49. The second-order valence-corrected chi connectivity index (χ2v) is 15.2. The number of amides is 5. The topological polar surface area (TPSA) is 218 Å². The minimum atomic E-state index is -0.971. The van der Waals surface area contributed by atoms with Crippen molar-refractivity contribution in [3.8, 4) is 0 Å². The Kier molecular flexibility index (Phi) is 25.6. The zero-order valence-electron chi connectivity index (χ0n) is 35.0. The molecule has 0 aromatic heterocycles. The van der Waals surface area contributed by atoms with Gasteiger partial charge in [0.15, 0.2) is 0 Å². The van der Waals surface area contributed by atoms with Crippen molar-refractivity contribution in [3.63, 3.8) is 0 Å². The van der Waals surface area contributed by atoms with Crippen molar-refractivity contribution >= 4 is 35.9 Å². The molecule has 1 aromatic rings. The number of unbranched alkanes of at least 4 members (excludes halogenated alkanes) is 2. The van der Waals surface area contributed by atoms with Crippen LogP contribution in [0.3, 0.4) is 0 Å². The summed E-state index contributed by atoms with van der Waals surface area (Å²) in [7, 11) is 0. The second kappa shape index (κ2) is 28.8. The highest BCUT2D eigenvalue weighted by molar-refractivity contribution is 5.90. The third-order valence-corrected chi connectivity index (χ3v) is 7.49. The fourth-order valence-electron chi connectivity index (χ4n) is 4.85. The van der Waals surface area contributed by atoms with Gasteiger partial charge in [-0.15, -0.1) is 0 Å². The summed E-state index contributed by atoms with van der Waals surface area (Å²) in [5, 5.41) is 13.5. The second-order valence-electron chi connectivity index (χ2n) is 15.2. The molecule has 324 valence electrons. The van der Waals surface area contributed by atoms with Gasteiger partial charge < -0.3 is 55.0 Å². The van der Waals surface area contributed by atoms with Gasteiger partial charge in [-0.1, -0.05) is 30.3 Å². The Morgan fingerprint density at radius 2 is 1.14 bits per heavy atom. The van der Waals surface area contributed by atoms with Crippen molar-refractivity contribution < 1.29 is 57.2 Å². The Morgan fingerprint density at radius 1 is 0.596 bits per heavy atom. The standard InChI is InChI=1S/C40H67N5O12/c1-30(46)41-20-13-12-18-33(36(49)56-39(2,3)4)45-35(48)32(17-11-14-21-42-38(51)57-40(5,6)7)44-34(47)19-23-52-25-27-54-28-26-53-24-22-43-37(50)55-29-31-15-9-8-10-16-31/h8-10,15-16,32-33H,11-14,17-29H2,1-7H3,(H,41,46)(H,42,51)(H,43,50)(H,44,47)(H,45,48). The Bertz CT molecular complexity index is 1330. The van der Waals surface area contributed by atoms with E-state index in [1.807, 2.05) is 30.3 Å². The van der Waals surface area contributed by atoms with E-state index in [1.165, 1.54) is 6.92 Å². The Labute approximate surface area is 337 Å². The number of rotatable bonds is 28. The summed E-state index contributed by atoms with van der Waals surface area (Å²) < 4.78 is 32.4. The van der Waals surface area contributed by atoms with Gasteiger partial charge in [-0.05, 0) is 85.6 Å². The van der Waals surface area contributed by atoms with Crippen LogP contribution in [0.25, 0.3) is 0 Å². The molecular weight excluding hydrogens is 742 g/mol. The van der Waals surface area contributed by atoms with Gasteiger partial charge in [0.05, 0.1) is 39.6 Å². The first-order valence-corrected chi connectivity index (χ1v) is 19.7. The lowest BCUT2D eigenvalue weighted by Crippen LogP contribution is -2.52. The van der Waals surface area contributed by atoms with Crippen LogP contribution in [-0.2, 0) is 54.2 Å². The number of hydrogen-bond acceptors (Lipinski definition) is 12. The molecule has 0 bridgehead atoms. The van der Waals surface area contributed by atoms with E-state index < -0.39 is 53.3 Å². The molecule has 0 aliphatic carbocycles. The number of carbonyl (C=O) groups excluding carboxylic acids is 6. The summed E-state index contributed by atoms with van der Waals surface area (Å²) in [5.41, 5.74) is -0.532. The molecule has 0 radical (unpaired) electrons. The first-order valence-electron chi connectivity index (χ1n) is 19.7. The maximum atomic E-state index is 13.6. The first kappa shape index (κ1) is 50.5. The van der Waals surface area contributed by atoms with Gasteiger partial charge in [0.2, 0.25) is 17.7 Å². The quantitative estimate of drug-likeness (QED) is 0.0466. The molecule has 0 aliphatic rings. The largest absolute Gasteiger partial charge is 0.458 e. The number of alkyl carbamates (subject to hydrolysis) is 2. The number of ether oxygens (including phenoxy) is 6. The molecule has 2 unspecified atom stereocenters. The van der Waals surface area contributed by atoms with Gasteiger partial charge in [0.25, 0.3) is 0 Å². The highest BCUT2D eigenvalue weighted by Gasteiger charge is 2.30. The molecule has 57 heavy (non-hydrogen) atoms. The van der Waals surface area contributed by atoms with Crippen LogP contribution < -0.4 is 26.6 Å². The van der Waals surface area contributed by atoms with Crippen molar-refractivity contribution in [1.29, 1.82) is 0 Å². The summed E-state index contributed by atoms with van der Waals surface area (Å²) >= 11 is 0. The predicted molar refractivity (Wildman–Crippen MR) is 212 cm³/mol. The van der Waals surface area contributed by atoms with E-state index in [0.717, 1.165) is 5.56 Å². The van der Waals surface area contributed by atoms with E-state index >= 15 is 0 Å². The number of carbonyl (C=O) groups is 6. The molecule has 0 aliphatic heterocycles. The van der Waals surface area contributed by atoms with Crippen molar-refractivity contribution in [1.82, 2.24) is 26.6 Å². The summed E-state index contributed by atoms with van der Waals surface area (Å²) in [6, 6.07) is 7.43. The summed E-state index contributed by atoms with van der Waals surface area (Å²) in [5.74, 6) is -1.72. The number of hydrogen-bond donors (Lipinski definition) is 5. The molecule has 0 fully saturated rings. The number of nitrogens with one attached hydrogen (secondary N) is 5. The van der Waals surface area contributed by atoms with Crippen LogP contribution >= 0.6 is 0 Å². The van der Waals surface area contributed by atoms with Gasteiger partial charge in [0.1, 0.15) is 29.9 Å². The lowest BCUT2D eigenvalue weighted by Gasteiger charge is -2.26. The zero-order valence-corrected chi connectivity index (χ0v) is 35.0. The van der Waals surface area contributed by atoms with E-state index in [1.54, 1.807) is 41.5 Å². The van der Waals surface area contributed by atoms with Crippen LogP contribution in [0.15, 0.2) is 30.3 Å². The van der Waals surface area contributed by atoms with Gasteiger partial charge in [-0.2, -0.15) is 0 Å². The average Bonchev–Trinajstić information content (AvgIpc) is 3.11. The summed E-state index contributed by atoms with van der Waals surface area (Å²) in [6.07, 6.45) is 1.50. The van der Waals surface area contributed by atoms with E-state index in [0.29, 0.717) is 58.6 Å². The van der Waals surface area contributed by atoms with Gasteiger partial charge in [0, 0.05) is 33.0 Å². The lowest BCUT2D eigenvalue weighted by molar-refractivity contribution is -0.159. The molecule has 17 nitrogen and oxygen atoms in total. The minimum Gasteiger partial charge on any atom is -0.458 e. The molecule has 1 rings (SSSR count). The van der Waals surface area contributed by atoms with Crippen molar-refractivity contribution in [2.24, 2.45) is 0 Å². The van der Waals surface area contributed by atoms with Crippen molar-refractivity contribution in [3.05, 3.63) is 35.9 Å². The molecule has 0 heterocycles. The van der Waals surface area contributed by atoms with Crippen LogP contribution in [0.1, 0.15) is 99.0 Å². The van der Waals surface area contributed by atoms with Gasteiger partial charge in [-0.25, -0.2) is 14.4 Å². The normalized spacial score (nSPS) is 12.4. The molecule has 1 aromatic carbocycles. The highest BCUT2D eigenvalue weighted by Crippen LogP contribution is 2.13. The van der Waals surface area contributed by atoms with Crippen molar-refractivity contribution in [2.45, 2.75) is 123 Å². The lowest BCUT2D eigenvalue weighted by atomic mass is 10.1. The van der Waals surface area contributed by atoms with Crippen molar-refractivity contribution in [2.75, 3.05) is 59.3 Å². The molecule has 5 N–H and O–H groups in total. The zero-order chi connectivity index (χ0) is 42.5. The van der Waals surface area contributed by atoms with E-state index in [-0.39, 0.29) is 58.1 Å². The molecule has 0 spiro atoms. The SMILES string of the molecule is CC(=O)NCCCCC(NC(=O)C(CCCCNC(=O)OC(C)(C)C)NC(=O)CCOCCOCCOCCNC(=O)OCc1ccccc1)C(=O)OC(C)(C)C.